The quantitative estimate of drug-likeness (QED) is 0.455. The standard InChI is InChI=1S/C26H22ClN5O/c27-21-10-8-19(9-11-21)25-23(32-12-4-3-7-24(32)29-25)18-30-13-15-31(16-14-30)26(33)22-6-2-1-5-20(22)17-28/h1-12H,13-16,18H2. The number of fused-ring (bicyclic) bond motifs is 1. The Hall–Kier alpha value is -3.66. The average molecular weight is 456 g/mol. The maximum absolute atomic E-state index is 13.0. The van der Waals surface area contributed by atoms with E-state index < -0.39 is 0 Å². The van der Waals surface area contributed by atoms with Crippen molar-refractivity contribution >= 4 is 23.2 Å². The summed E-state index contributed by atoms with van der Waals surface area (Å²) < 4.78 is 2.13. The first-order valence-corrected chi connectivity index (χ1v) is 11.2. The number of amides is 1. The smallest absolute Gasteiger partial charge is 0.255 e. The van der Waals surface area contributed by atoms with E-state index in [1.807, 2.05) is 53.6 Å². The first-order chi connectivity index (χ1) is 16.1. The second kappa shape index (κ2) is 9.07. The molecule has 6 nitrogen and oxygen atoms in total. The molecule has 0 radical (unpaired) electrons. The van der Waals surface area contributed by atoms with Gasteiger partial charge in [-0.15, -0.1) is 0 Å². The highest BCUT2D eigenvalue weighted by Gasteiger charge is 2.25. The number of nitriles is 1. The van der Waals surface area contributed by atoms with Crippen LogP contribution in [0.15, 0.2) is 72.9 Å². The monoisotopic (exact) mass is 455 g/mol. The van der Waals surface area contributed by atoms with Crippen LogP contribution < -0.4 is 0 Å². The highest BCUT2D eigenvalue weighted by Crippen LogP contribution is 2.27. The summed E-state index contributed by atoms with van der Waals surface area (Å²) in [7, 11) is 0. The zero-order chi connectivity index (χ0) is 22.8. The number of hydrogen-bond donors (Lipinski definition) is 0. The van der Waals surface area contributed by atoms with Crippen molar-refractivity contribution in [3.63, 3.8) is 0 Å². The van der Waals surface area contributed by atoms with Crippen LogP contribution in [0.2, 0.25) is 5.02 Å². The molecular formula is C26H22ClN5O. The number of benzene rings is 2. The number of imidazole rings is 1. The molecule has 7 heteroatoms. The number of nitrogens with zero attached hydrogens (tertiary/aromatic N) is 5. The number of piperazine rings is 1. The van der Waals surface area contributed by atoms with Crippen molar-refractivity contribution in [2.45, 2.75) is 6.54 Å². The Balaban J connectivity index is 1.35. The average Bonchev–Trinajstić information content (AvgIpc) is 3.23. The summed E-state index contributed by atoms with van der Waals surface area (Å²) in [6, 6.07) is 22.9. The van der Waals surface area contributed by atoms with Crippen molar-refractivity contribution in [2.24, 2.45) is 0 Å². The van der Waals surface area contributed by atoms with Crippen LogP contribution in [0.4, 0.5) is 0 Å². The van der Waals surface area contributed by atoms with Crippen molar-refractivity contribution in [1.29, 1.82) is 5.26 Å². The van der Waals surface area contributed by atoms with Crippen LogP contribution in [0, 0.1) is 11.3 Å². The topological polar surface area (TPSA) is 64.6 Å². The van der Waals surface area contributed by atoms with Gasteiger partial charge in [0.1, 0.15) is 5.65 Å². The number of aromatic nitrogens is 2. The molecule has 2 aromatic heterocycles. The molecule has 1 aliphatic rings. The molecular weight excluding hydrogens is 434 g/mol. The van der Waals surface area contributed by atoms with Crippen molar-refractivity contribution in [3.05, 3.63) is 94.8 Å². The van der Waals surface area contributed by atoms with Gasteiger partial charge in [-0.25, -0.2) is 4.98 Å². The fourth-order valence-electron chi connectivity index (χ4n) is 4.29. The summed E-state index contributed by atoms with van der Waals surface area (Å²) in [5.41, 5.74) is 4.88. The molecule has 0 N–H and O–H groups in total. The summed E-state index contributed by atoms with van der Waals surface area (Å²) in [5, 5.41) is 10.0. The van der Waals surface area contributed by atoms with E-state index in [-0.39, 0.29) is 5.91 Å². The molecule has 4 aromatic rings. The van der Waals surface area contributed by atoms with Gasteiger partial charge in [-0.2, -0.15) is 5.26 Å². The van der Waals surface area contributed by atoms with E-state index in [1.54, 1.807) is 24.3 Å². The molecule has 0 atom stereocenters. The maximum atomic E-state index is 13.0. The number of rotatable bonds is 4. The molecule has 0 spiro atoms. The molecule has 1 aliphatic heterocycles. The predicted molar refractivity (Wildman–Crippen MR) is 128 cm³/mol. The summed E-state index contributed by atoms with van der Waals surface area (Å²) in [4.78, 5) is 22.0. The van der Waals surface area contributed by atoms with Gasteiger partial charge in [-0.1, -0.05) is 41.9 Å². The Kier molecular flexibility index (Phi) is 5.82. The highest BCUT2D eigenvalue weighted by molar-refractivity contribution is 6.30. The summed E-state index contributed by atoms with van der Waals surface area (Å²) in [6.07, 6.45) is 2.04. The minimum Gasteiger partial charge on any atom is -0.336 e. The Bertz CT molecular complexity index is 1350. The fourth-order valence-corrected chi connectivity index (χ4v) is 4.42. The lowest BCUT2D eigenvalue weighted by Gasteiger charge is -2.35. The van der Waals surface area contributed by atoms with Gasteiger partial charge >= 0.3 is 0 Å². The Morgan fingerprint density at radius 3 is 2.45 bits per heavy atom. The SMILES string of the molecule is N#Cc1ccccc1C(=O)N1CCN(Cc2c(-c3ccc(Cl)cc3)nc3ccccn23)CC1. The molecule has 0 unspecified atom stereocenters. The highest BCUT2D eigenvalue weighted by atomic mass is 35.5. The molecule has 0 saturated carbocycles. The number of carbonyl (C=O) groups excluding carboxylic acids is 1. The lowest BCUT2D eigenvalue weighted by molar-refractivity contribution is 0.0626. The van der Waals surface area contributed by atoms with E-state index in [9.17, 15) is 10.1 Å². The third kappa shape index (κ3) is 4.21. The van der Waals surface area contributed by atoms with Gasteiger partial charge in [0.2, 0.25) is 0 Å². The number of halogens is 1. The zero-order valence-electron chi connectivity index (χ0n) is 18.0. The Labute approximate surface area is 197 Å². The van der Waals surface area contributed by atoms with E-state index in [4.69, 9.17) is 16.6 Å². The Morgan fingerprint density at radius 2 is 1.70 bits per heavy atom. The molecule has 1 amide bonds. The van der Waals surface area contributed by atoms with E-state index in [1.165, 1.54) is 0 Å². The van der Waals surface area contributed by atoms with E-state index >= 15 is 0 Å². The predicted octanol–water partition coefficient (Wildman–Crippen LogP) is 4.48. The first kappa shape index (κ1) is 21.2. The van der Waals surface area contributed by atoms with Crippen LogP contribution in [0.5, 0.6) is 0 Å². The molecule has 5 rings (SSSR count). The summed E-state index contributed by atoms with van der Waals surface area (Å²) in [5.74, 6) is -0.0801. The molecule has 3 heterocycles. The van der Waals surface area contributed by atoms with Crippen LogP contribution in [0.25, 0.3) is 16.9 Å². The van der Waals surface area contributed by atoms with Crippen molar-refractivity contribution in [2.75, 3.05) is 26.2 Å². The minimum atomic E-state index is -0.0801. The first-order valence-electron chi connectivity index (χ1n) is 10.9. The van der Waals surface area contributed by atoms with Crippen molar-refractivity contribution < 1.29 is 4.79 Å². The van der Waals surface area contributed by atoms with E-state index in [0.29, 0.717) is 29.2 Å². The van der Waals surface area contributed by atoms with Crippen LogP contribution in [-0.2, 0) is 6.54 Å². The lowest BCUT2D eigenvalue weighted by Crippen LogP contribution is -2.48. The maximum Gasteiger partial charge on any atom is 0.255 e. The molecule has 1 fully saturated rings. The van der Waals surface area contributed by atoms with Crippen LogP contribution >= 0.6 is 11.6 Å². The Morgan fingerprint density at radius 1 is 0.970 bits per heavy atom. The second-order valence-electron chi connectivity index (χ2n) is 8.07. The normalized spacial score (nSPS) is 14.4. The zero-order valence-corrected chi connectivity index (χ0v) is 18.7. The van der Waals surface area contributed by atoms with Gasteiger partial charge in [0, 0.05) is 49.5 Å². The van der Waals surface area contributed by atoms with Crippen molar-refractivity contribution in [3.8, 4) is 17.3 Å². The fraction of sp³-hybridized carbons (Fsp3) is 0.192. The number of carbonyl (C=O) groups is 1. The van der Waals surface area contributed by atoms with Gasteiger partial charge in [-0.05, 0) is 36.4 Å². The molecule has 164 valence electrons. The summed E-state index contributed by atoms with van der Waals surface area (Å²) >= 11 is 6.09. The van der Waals surface area contributed by atoms with Crippen LogP contribution in [0.3, 0.4) is 0 Å². The van der Waals surface area contributed by atoms with Gasteiger partial charge in [0.25, 0.3) is 5.91 Å². The van der Waals surface area contributed by atoms with Gasteiger partial charge in [0.05, 0.1) is 28.6 Å². The molecule has 1 saturated heterocycles. The second-order valence-corrected chi connectivity index (χ2v) is 8.51. The van der Waals surface area contributed by atoms with E-state index in [2.05, 4.69) is 15.4 Å². The molecule has 33 heavy (non-hydrogen) atoms. The summed E-state index contributed by atoms with van der Waals surface area (Å²) in [6.45, 7) is 3.46. The molecule has 2 aromatic carbocycles. The van der Waals surface area contributed by atoms with Gasteiger partial charge in [0.15, 0.2) is 0 Å². The van der Waals surface area contributed by atoms with Crippen LogP contribution in [-0.4, -0.2) is 51.3 Å². The molecule has 0 bridgehead atoms. The number of hydrogen-bond acceptors (Lipinski definition) is 4. The number of pyridine rings is 1. The lowest BCUT2D eigenvalue weighted by atomic mass is 10.1. The van der Waals surface area contributed by atoms with E-state index in [0.717, 1.165) is 42.2 Å². The third-order valence-electron chi connectivity index (χ3n) is 6.06. The molecule has 0 aliphatic carbocycles. The van der Waals surface area contributed by atoms with Crippen LogP contribution in [0.1, 0.15) is 21.6 Å². The van der Waals surface area contributed by atoms with Crippen molar-refractivity contribution in [1.82, 2.24) is 19.2 Å². The van der Waals surface area contributed by atoms with Gasteiger partial charge in [-0.3, -0.25) is 9.69 Å². The minimum absolute atomic E-state index is 0.0801. The largest absolute Gasteiger partial charge is 0.336 e. The van der Waals surface area contributed by atoms with Gasteiger partial charge < -0.3 is 9.30 Å². The third-order valence-corrected chi connectivity index (χ3v) is 6.31.